The molecular formula is C29H44N4O8. The molecule has 0 aromatic rings. The van der Waals surface area contributed by atoms with E-state index in [1.54, 1.807) is 0 Å². The van der Waals surface area contributed by atoms with Crippen LogP contribution in [0.15, 0.2) is 48.6 Å². The highest BCUT2D eigenvalue weighted by Crippen LogP contribution is 1.95. The molecule has 0 saturated heterocycles. The summed E-state index contributed by atoms with van der Waals surface area (Å²) in [5.41, 5.74) is 0. The minimum atomic E-state index is -0.329. The number of rotatable bonds is 4. The maximum atomic E-state index is 10.0. The van der Waals surface area contributed by atoms with Crippen molar-refractivity contribution in [1.29, 1.82) is 0 Å². The van der Waals surface area contributed by atoms with Gasteiger partial charge in [0.05, 0.1) is 0 Å². The summed E-state index contributed by atoms with van der Waals surface area (Å²) in [4.78, 5) is 80.3. The monoisotopic (exact) mass is 576 g/mol. The fraction of sp³-hybridized carbons (Fsp3) is 0.448. The van der Waals surface area contributed by atoms with Gasteiger partial charge < -0.3 is 0 Å². The van der Waals surface area contributed by atoms with E-state index in [0.717, 1.165) is 0 Å². The average molecular weight is 577 g/mol. The molecule has 0 fully saturated rings. The van der Waals surface area contributed by atoms with E-state index in [-0.39, 0.29) is 47.3 Å². The number of imide groups is 4. The standard InChI is InChI=1S/C6H14.4C4H3NO2.C4H10.C3H8/c1-3-5-6-4-2;4*6-3-1-2-4(7)5-3;1-3-4-2;1-3-2/h3-6H2,1-2H3;4*1-2H,(H,5,6,7);3-4H2,1-2H3;3H2,1-2H3. The Morgan fingerprint density at radius 1 is 0.341 bits per heavy atom. The summed E-state index contributed by atoms with van der Waals surface area (Å²) < 4.78 is 0. The molecular weight excluding hydrogens is 532 g/mol. The van der Waals surface area contributed by atoms with Crippen LogP contribution in [0.1, 0.15) is 86.5 Å². The van der Waals surface area contributed by atoms with Gasteiger partial charge in [0.1, 0.15) is 0 Å². The predicted molar refractivity (Wildman–Crippen MR) is 156 cm³/mol. The van der Waals surface area contributed by atoms with Crippen LogP contribution in [0.3, 0.4) is 0 Å². The molecule has 4 aliphatic heterocycles. The summed E-state index contributed by atoms with van der Waals surface area (Å²) in [7, 11) is 0. The third kappa shape index (κ3) is 31.6. The fourth-order valence-electron chi connectivity index (χ4n) is 1.92. The quantitative estimate of drug-likeness (QED) is 0.291. The lowest BCUT2D eigenvalue weighted by Crippen LogP contribution is -2.19. The van der Waals surface area contributed by atoms with E-state index in [4.69, 9.17) is 0 Å². The SMILES string of the molecule is CCC.CCCC.CCCCCC.O=C1C=CC(=O)N1.O=C1C=CC(=O)N1.O=C1C=CC(=O)N1.O=C1C=CC(=O)N1. The zero-order valence-electron chi connectivity index (χ0n) is 24.8. The summed E-state index contributed by atoms with van der Waals surface area (Å²) in [6, 6.07) is 0. The molecule has 0 aromatic heterocycles. The molecule has 12 nitrogen and oxygen atoms in total. The van der Waals surface area contributed by atoms with E-state index in [0.29, 0.717) is 0 Å². The van der Waals surface area contributed by atoms with E-state index < -0.39 is 0 Å². The van der Waals surface area contributed by atoms with Gasteiger partial charge >= 0.3 is 0 Å². The minimum absolute atomic E-state index is 0.329. The number of amides is 8. The van der Waals surface area contributed by atoms with Gasteiger partial charge in [-0.05, 0) is 0 Å². The summed E-state index contributed by atoms with van der Waals surface area (Å²) in [5, 5.41) is 8.11. The third-order valence-corrected chi connectivity index (χ3v) is 3.99. The van der Waals surface area contributed by atoms with Crippen molar-refractivity contribution in [3.63, 3.8) is 0 Å². The van der Waals surface area contributed by atoms with Crippen molar-refractivity contribution < 1.29 is 38.4 Å². The van der Waals surface area contributed by atoms with E-state index in [9.17, 15) is 38.4 Å². The normalized spacial score (nSPS) is 14.6. The molecule has 41 heavy (non-hydrogen) atoms. The molecule has 0 atom stereocenters. The Hall–Kier alpha value is -4.48. The van der Waals surface area contributed by atoms with E-state index in [2.05, 4.69) is 41.5 Å². The lowest BCUT2D eigenvalue weighted by Gasteiger charge is -1.86. The summed E-state index contributed by atoms with van der Waals surface area (Å²) in [5.74, 6) is -2.63. The Labute approximate surface area is 242 Å². The highest BCUT2D eigenvalue weighted by molar-refractivity contribution is 6.14. The molecule has 0 radical (unpaired) electrons. The smallest absolute Gasteiger partial charge is 0.250 e. The Bertz CT molecular complexity index is 781. The lowest BCUT2D eigenvalue weighted by atomic mass is 10.2. The molecule has 0 spiro atoms. The second-order valence-electron chi connectivity index (χ2n) is 8.16. The lowest BCUT2D eigenvalue weighted by molar-refractivity contribution is -0.125. The average Bonchev–Trinajstić information content (AvgIpc) is 3.71. The van der Waals surface area contributed by atoms with Gasteiger partial charge in [-0.2, -0.15) is 0 Å². The maximum absolute atomic E-state index is 10.0. The molecule has 0 aliphatic carbocycles. The number of hydrogen-bond donors (Lipinski definition) is 4. The van der Waals surface area contributed by atoms with Gasteiger partial charge in [-0.25, -0.2) is 0 Å². The van der Waals surface area contributed by atoms with Crippen LogP contribution in [-0.2, 0) is 38.4 Å². The first kappa shape index (κ1) is 41.0. The number of unbranched alkanes of at least 4 members (excludes halogenated alkanes) is 4. The van der Waals surface area contributed by atoms with Crippen molar-refractivity contribution >= 4 is 47.3 Å². The number of carbonyl (C=O) groups excluding carboxylic acids is 8. The van der Waals surface area contributed by atoms with Crippen LogP contribution >= 0.6 is 0 Å². The van der Waals surface area contributed by atoms with E-state index in [1.807, 2.05) is 21.3 Å². The molecule has 0 bridgehead atoms. The Morgan fingerprint density at radius 2 is 0.488 bits per heavy atom. The highest BCUT2D eigenvalue weighted by Gasteiger charge is 2.08. The second kappa shape index (κ2) is 28.5. The van der Waals surface area contributed by atoms with Crippen LogP contribution < -0.4 is 21.3 Å². The van der Waals surface area contributed by atoms with Gasteiger partial charge in [-0.1, -0.05) is 86.5 Å². The molecule has 0 saturated carbocycles. The molecule has 4 rings (SSSR count). The second-order valence-corrected chi connectivity index (χ2v) is 8.16. The first-order valence-corrected chi connectivity index (χ1v) is 13.5. The van der Waals surface area contributed by atoms with E-state index in [1.165, 1.54) is 93.6 Å². The first-order valence-electron chi connectivity index (χ1n) is 13.5. The Morgan fingerprint density at radius 3 is 0.537 bits per heavy atom. The fourth-order valence-corrected chi connectivity index (χ4v) is 1.92. The largest absolute Gasteiger partial charge is 0.289 e. The van der Waals surface area contributed by atoms with Crippen molar-refractivity contribution in [2.24, 2.45) is 0 Å². The predicted octanol–water partition coefficient (Wildman–Crippen LogP) is 2.61. The van der Waals surface area contributed by atoms with Gasteiger partial charge in [-0.3, -0.25) is 59.6 Å². The molecule has 4 aliphatic rings. The zero-order valence-corrected chi connectivity index (χ0v) is 24.8. The van der Waals surface area contributed by atoms with Gasteiger partial charge in [0.15, 0.2) is 0 Å². The molecule has 8 amide bonds. The Kier molecular flexibility index (Phi) is 28.5. The number of carbonyl (C=O) groups is 8. The summed E-state index contributed by atoms with van der Waals surface area (Å²) >= 11 is 0. The maximum Gasteiger partial charge on any atom is 0.250 e. The van der Waals surface area contributed by atoms with Crippen LogP contribution in [0.25, 0.3) is 0 Å². The topological polar surface area (TPSA) is 185 Å². The Balaban J connectivity index is -0.000000418. The van der Waals surface area contributed by atoms with Crippen LogP contribution in [0.5, 0.6) is 0 Å². The zero-order chi connectivity index (χ0) is 32.1. The van der Waals surface area contributed by atoms with Gasteiger partial charge in [-0.15, -0.1) is 0 Å². The van der Waals surface area contributed by atoms with E-state index >= 15 is 0 Å². The van der Waals surface area contributed by atoms with Gasteiger partial charge in [0.25, 0.3) is 47.3 Å². The molecule has 0 unspecified atom stereocenters. The van der Waals surface area contributed by atoms with Crippen LogP contribution in [-0.4, -0.2) is 47.3 Å². The van der Waals surface area contributed by atoms with Crippen LogP contribution in [0.4, 0.5) is 0 Å². The van der Waals surface area contributed by atoms with Gasteiger partial charge in [0, 0.05) is 48.6 Å². The van der Waals surface area contributed by atoms with Crippen molar-refractivity contribution in [2.45, 2.75) is 86.5 Å². The van der Waals surface area contributed by atoms with Crippen molar-refractivity contribution in [3.8, 4) is 0 Å². The van der Waals surface area contributed by atoms with Crippen molar-refractivity contribution in [3.05, 3.63) is 48.6 Å². The van der Waals surface area contributed by atoms with Crippen LogP contribution in [0.2, 0.25) is 0 Å². The molecule has 228 valence electrons. The summed E-state index contributed by atoms with van der Waals surface area (Å²) in [6.45, 7) is 13.1. The van der Waals surface area contributed by atoms with Gasteiger partial charge in [0.2, 0.25) is 0 Å². The summed E-state index contributed by atoms with van der Waals surface area (Å²) in [6.07, 6.45) is 19.0. The molecule has 4 N–H and O–H groups in total. The molecule has 12 heteroatoms. The molecule has 0 aromatic carbocycles. The first-order chi connectivity index (χ1) is 19.4. The van der Waals surface area contributed by atoms with Crippen molar-refractivity contribution in [1.82, 2.24) is 21.3 Å². The van der Waals surface area contributed by atoms with Crippen molar-refractivity contribution in [2.75, 3.05) is 0 Å². The third-order valence-electron chi connectivity index (χ3n) is 3.99. The molecule has 4 heterocycles. The number of nitrogens with one attached hydrogen (secondary N) is 4. The number of hydrogen-bond acceptors (Lipinski definition) is 8. The minimum Gasteiger partial charge on any atom is -0.289 e. The van der Waals surface area contributed by atoms with Crippen LogP contribution in [0, 0.1) is 0 Å². The highest BCUT2D eigenvalue weighted by atomic mass is 16.2.